The Morgan fingerprint density at radius 3 is 2.63 bits per heavy atom. The Labute approximate surface area is 156 Å². The highest BCUT2D eigenvalue weighted by atomic mass is 16.5. The number of carbonyl (C=O) groups is 3. The number of rotatable bonds is 3. The second-order valence-electron chi connectivity index (χ2n) is 6.86. The van der Waals surface area contributed by atoms with Crippen LogP contribution in [0.1, 0.15) is 47.1 Å². The molecule has 1 aromatic heterocycles. The Balaban J connectivity index is 1.54. The first-order valence-corrected chi connectivity index (χ1v) is 8.98. The van der Waals surface area contributed by atoms with E-state index in [0.717, 1.165) is 30.7 Å². The topological polar surface area (TPSA) is 95.8 Å². The molecule has 0 saturated carbocycles. The molecule has 2 aromatic rings. The zero-order valence-corrected chi connectivity index (χ0v) is 15.0. The molecule has 140 valence electrons. The molecule has 2 saturated heterocycles. The predicted molar refractivity (Wildman–Crippen MR) is 96.2 cm³/mol. The van der Waals surface area contributed by atoms with Crippen LogP contribution in [0.4, 0.5) is 10.5 Å². The molecule has 4 rings (SSSR count). The van der Waals surface area contributed by atoms with Gasteiger partial charge in [0.2, 0.25) is 5.91 Å². The van der Waals surface area contributed by atoms with E-state index in [1.165, 1.54) is 4.90 Å². The van der Waals surface area contributed by atoms with Gasteiger partial charge < -0.3 is 9.42 Å². The zero-order valence-electron chi connectivity index (χ0n) is 15.0. The number of anilines is 1. The van der Waals surface area contributed by atoms with Crippen LogP contribution < -0.4 is 10.2 Å². The van der Waals surface area contributed by atoms with Gasteiger partial charge in [-0.3, -0.25) is 19.8 Å². The summed E-state index contributed by atoms with van der Waals surface area (Å²) in [5.41, 5.74) is 1.90. The number of piperidine rings is 1. The van der Waals surface area contributed by atoms with Crippen molar-refractivity contribution in [1.82, 2.24) is 15.4 Å². The van der Waals surface area contributed by atoms with Crippen molar-refractivity contribution in [3.05, 3.63) is 47.3 Å². The van der Waals surface area contributed by atoms with Gasteiger partial charge in [-0.1, -0.05) is 5.16 Å². The molecule has 0 radical (unpaired) electrons. The second kappa shape index (κ2) is 6.86. The van der Waals surface area contributed by atoms with E-state index >= 15 is 0 Å². The van der Waals surface area contributed by atoms with Crippen LogP contribution in [0, 0.1) is 6.92 Å². The van der Waals surface area contributed by atoms with Gasteiger partial charge in [0.05, 0.1) is 6.04 Å². The number of nitrogens with one attached hydrogen (secondary N) is 1. The van der Waals surface area contributed by atoms with Gasteiger partial charge >= 0.3 is 6.03 Å². The Morgan fingerprint density at radius 1 is 1.22 bits per heavy atom. The highest BCUT2D eigenvalue weighted by Crippen LogP contribution is 2.32. The molecule has 2 aliphatic heterocycles. The maximum absolute atomic E-state index is 13.1. The number of benzene rings is 1. The predicted octanol–water partition coefficient (Wildman–Crippen LogP) is 2.41. The van der Waals surface area contributed by atoms with Crippen LogP contribution in [-0.2, 0) is 4.79 Å². The van der Waals surface area contributed by atoms with Gasteiger partial charge in [0, 0.05) is 23.9 Å². The number of amides is 4. The molecule has 0 bridgehead atoms. The normalized spacial score (nSPS) is 20.1. The number of carbonyl (C=O) groups excluding carboxylic acids is 3. The minimum Gasteiger partial charge on any atom is -0.361 e. The molecule has 1 atom stereocenters. The van der Waals surface area contributed by atoms with Gasteiger partial charge in [-0.2, -0.15) is 0 Å². The second-order valence-corrected chi connectivity index (χ2v) is 6.86. The first-order valence-electron chi connectivity index (χ1n) is 8.98. The molecule has 8 heteroatoms. The lowest BCUT2D eigenvalue weighted by atomic mass is 9.98. The fourth-order valence-electron chi connectivity index (χ4n) is 3.62. The molecule has 0 aliphatic carbocycles. The number of likely N-dealkylation sites (tertiary alicyclic amines) is 1. The van der Waals surface area contributed by atoms with Crippen LogP contribution in [0.25, 0.3) is 0 Å². The van der Waals surface area contributed by atoms with Crippen molar-refractivity contribution in [2.75, 3.05) is 18.0 Å². The van der Waals surface area contributed by atoms with Crippen LogP contribution >= 0.6 is 0 Å². The lowest BCUT2D eigenvalue weighted by Gasteiger charge is -2.34. The number of hydrogen-bond acceptors (Lipinski definition) is 5. The molecular formula is C19H20N4O4. The first kappa shape index (κ1) is 17.3. The fraction of sp³-hybridized carbons (Fsp3) is 0.368. The smallest absolute Gasteiger partial charge is 0.329 e. The summed E-state index contributed by atoms with van der Waals surface area (Å²) in [5, 5.41) is 6.33. The monoisotopic (exact) mass is 368 g/mol. The quantitative estimate of drug-likeness (QED) is 0.840. The molecule has 27 heavy (non-hydrogen) atoms. The molecular weight excluding hydrogens is 348 g/mol. The number of urea groups is 1. The van der Waals surface area contributed by atoms with Crippen molar-refractivity contribution in [2.24, 2.45) is 0 Å². The largest absolute Gasteiger partial charge is 0.361 e. The van der Waals surface area contributed by atoms with E-state index in [4.69, 9.17) is 4.52 Å². The Hall–Kier alpha value is -3.16. The van der Waals surface area contributed by atoms with Crippen LogP contribution in [0.5, 0.6) is 0 Å². The third-order valence-electron chi connectivity index (χ3n) is 4.97. The van der Waals surface area contributed by atoms with Crippen molar-refractivity contribution in [3.8, 4) is 0 Å². The van der Waals surface area contributed by atoms with Gasteiger partial charge in [-0.05, 0) is 50.5 Å². The first-order chi connectivity index (χ1) is 13.0. The highest BCUT2D eigenvalue weighted by molar-refractivity contribution is 6.12. The maximum Gasteiger partial charge on any atom is 0.329 e. The summed E-state index contributed by atoms with van der Waals surface area (Å²) in [7, 11) is 0. The lowest BCUT2D eigenvalue weighted by Crippen LogP contribution is -2.38. The van der Waals surface area contributed by atoms with E-state index in [2.05, 4.69) is 10.5 Å². The molecule has 0 spiro atoms. The minimum absolute atomic E-state index is 0.00810. The number of hydrogen-bond donors (Lipinski definition) is 1. The van der Waals surface area contributed by atoms with Gasteiger partial charge in [0.1, 0.15) is 18.0 Å². The van der Waals surface area contributed by atoms with Crippen molar-refractivity contribution in [3.63, 3.8) is 0 Å². The number of imide groups is 1. The summed E-state index contributed by atoms with van der Waals surface area (Å²) in [6.07, 6.45) is 2.84. The molecule has 2 fully saturated rings. The number of aryl methyl sites for hydroxylation is 1. The molecule has 1 N–H and O–H groups in total. The fourth-order valence-corrected chi connectivity index (χ4v) is 3.62. The molecule has 1 aromatic carbocycles. The average Bonchev–Trinajstić information content (AvgIpc) is 3.26. The standard InChI is InChI=1S/C19H20N4O4/c1-12-10-15(21-27-12)16-4-2-3-9-22(16)18(25)13-5-7-14(8-6-13)23-11-17(24)20-19(23)26/h5-8,10,16H,2-4,9,11H2,1H3,(H,20,24,26)/t16-/m0/s1. The number of nitrogens with zero attached hydrogens (tertiary/aromatic N) is 3. The van der Waals surface area contributed by atoms with E-state index in [1.54, 1.807) is 24.3 Å². The van der Waals surface area contributed by atoms with Crippen LogP contribution in [0.15, 0.2) is 34.9 Å². The van der Waals surface area contributed by atoms with Crippen LogP contribution in [0.3, 0.4) is 0 Å². The third kappa shape index (κ3) is 3.30. The van der Waals surface area contributed by atoms with E-state index in [1.807, 2.05) is 17.9 Å². The van der Waals surface area contributed by atoms with Gasteiger partial charge in [-0.15, -0.1) is 0 Å². The summed E-state index contributed by atoms with van der Waals surface area (Å²) in [6, 6.07) is 8.08. The van der Waals surface area contributed by atoms with Gasteiger partial charge in [0.15, 0.2) is 0 Å². The van der Waals surface area contributed by atoms with Gasteiger partial charge in [-0.25, -0.2) is 4.79 Å². The lowest BCUT2D eigenvalue weighted by molar-refractivity contribution is -0.117. The SMILES string of the molecule is Cc1cc([C@@H]2CCCCN2C(=O)c2ccc(N3CC(=O)NC3=O)cc2)no1. The van der Waals surface area contributed by atoms with E-state index in [9.17, 15) is 14.4 Å². The van der Waals surface area contributed by atoms with Crippen molar-refractivity contribution >= 4 is 23.5 Å². The number of aromatic nitrogens is 1. The minimum atomic E-state index is -0.448. The van der Waals surface area contributed by atoms with Crippen molar-refractivity contribution in [2.45, 2.75) is 32.2 Å². The third-order valence-corrected chi connectivity index (χ3v) is 4.97. The molecule has 8 nitrogen and oxygen atoms in total. The van der Waals surface area contributed by atoms with Crippen LogP contribution in [-0.4, -0.2) is 41.0 Å². The Kier molecular flexibility index (Phi) is 4.39. The highest BCUT2D eigenvalue weighted by Gasteiger charge is 2.31. The average molecular weight is 368 g/mol. The zero-order chi connectivity index (χ0) is 19.0. The van der Waals surface area contributed by atoms with Crippen LogP contribution in [0.2, 0.25) is 0 Å². The maximum atomic E-state index is 13.1. The van der Waals surface area contributed by atoms with Gasteiger partial charge in [0.25, 0.3) is 5.91 Å². The summed E-state index contributed by atoms with van der Waals surface area (Å²) in [6.45, 7) is 2.50. The van der Waals surface area contributed by atoms with E-state index < -0.39 is 6.03 Å². The molecule has 4 amide bonds. The summed E-state index contributed by atoms with van der Waals surface area (Å²) in [5.74, 6) is 0.318. The Bertz CT molecular complexity index is 889. The molecule has 0 unspecified atom stereocenters. The van der Waals surface area contributed by atoms with Crippen molar-refractivity contribution in [1.29, 1.82) is 0 Å². The van der Waals surface area contributed by atoms with E-state index in [-0.39, 0.29) is 24.4 Å². The molecule has 2 aliphatic rings. The summed E-state index contributed by atoms with van der Waals surface area (Å²) >= 11 is 0. The summed E-state index contributed by atoms with van der Waals surface area (Å²) < 4.78 is 5.18. The Morgan fingerprint density at radius 2 is 2.00 bits per heavy atom. The molecule has 3 heterocycles. The summed E-state index contributed by atoms with van der Waals surface area (Å²) in [4.78, 5) is 39.3. The van der Waals surface area contributed by atoms with E-state index in [0.29, 0.717) is 17.8 Å². The van der Waals surface area contributed by atoms with Crippen molar-refractivity contribution < 1.29 is 18.9 Å².